The van der Waals surface area contributed by atoms with Crippen LogP contribution in [0.25, 0.3) is 0 Å². The fourth-order valence-corrected chi connectivity index (χ4v) is 2.33. The Hall–Kier alpha value is -2.04. The summed E-state index contributed by atoms with van der Waals surface area (Å²) in [6, 6.07) is 4.32. The van der Waals surface area contributed by atoms with Crippen molar-refractivity contribution in [3.8, 4) is 0 Å². The van der Waals surface area contributed by atoms with Crippen molar-refractivity contribution in [1.29, 1.82) is 0 Å². The largest absolute Gasteiger partial charge is 0.478 e. The first-order valence-electron chi connectivity index (χ1n) is 7.90. The van der Waals surface area contributed by atoms with E-state index in [0.29, 0.717) is 5.69 Å². The molecular weight excluding hydrogens is 282 g/mol. The SMILES string of the molecule is CCCCCCCCCNc1ccc(C(=O)O)c(C(=O)O)c1. The van der Waals surface area contributed by atoms with Gasteiger partial charge in [0, 0.05) is 12.2 Å². The molecule has 0 fully saturated rings. The number of nitrogens with one attached hydrogen (secondary N) is 1. The molecule has 3 N–H and O–H groups in total. The van der Waals surface area contributed by atoms with Crippen LogP contribution in [0.15, 0.2) is 18.2 Å². The van der Waals surface area contributed by atoms with E-state index in [1.807, 2.05) is 0 Å². The molecule has 0 spiro atoms. The first-order valence-corrected chi connectivity index (χ1v) is 7.90. The molecule has 0 saturated heterocycles. The van der Waals surface area contributed by atoms with E-state index in [4.69, 9.17) is 10.2 Å². The highest BCUT2D eigenvalue weighted by Gasteiger charge is 2.16. The minimum Gasteiger partial charge on any atom is -0.478 e. The smallest absolute Gasteiger partial charge is 0.336 e. The lowest BCUT2D eigenvalue weighted by atomic mass is 10.1. The van der Waals surface area contributed by atoms with Gasteiger partial charge in [0.15, 0.2) is 0 Å². The molecule has 0 amide bonds. The maximum absolute atomic E-state index is 11.1. The summed E-state index contributed by atoms with van der Waals surface area (Å²) in [5.74, 6) is -2.45. The zero-order chi connectivity index (χ0) is 16.4. The number of unbranched alkanes of at least 4 members (excludes halogenated alkanes) is 6. The Balaban J connectivity index is 2.39. The Bertz CT molecular complexity index is 499. The molecule has 1 aromatic carbocycles. The van der Waals surface area contributed by atoms with Crippen LogP contribution in [0.3, 0.4) is 0 Å². The molecule has 1 aromatic rings. The number of hydrogen-bond donors (Lipinski definition) is 3. The Morgan fingerprint density at radius 2 is 1.50 bits per heavy atom. The normalized spacial score (nSPS) is 10.4. The molecule has 0 bridgehead atoms. The molecule has 122 valence electrons. The number of hydrogen-bond acceptors (Lipinski definition) is 3. The van der Waals surface area contributed by atoms with E-state index in [9.17, 15) is 9.59 Å². The van der Waals surface area contributed by atoms with Crippen molar-refractivity contribution < 1.29 is 19.8 Å². The zero-order valence-electron chi connectivity index (χ0n) is 13.1. The second-order valence-corrected chi connectivity index (χ2v) is 5.42. The van der Waals surface area contributed by atoms with Crippen LogP contribution in [0.2, 0.25) is 0 Å². The van der Waals surface area contributed by atoms with Gasteiger partial charge in [0.25, 0.3) is 0 Å². The predicted molar refractivity (Wildman–Crippen MR) is 86.8 cm³/mol. The highest BCUT2D eigenvalue weighted by molar-refractivity contribution is 6.02. The first kappa shape index (κ1) is 18.0. The summed E-state index contributed by atoms with van der Waals surface area (Å²) in [4.78, 5) is 22.0. The van der Waals surface area contributed by atoms with Crippen LogP contribution in [-0.4, -0.2) is 28.7 Å². The second-order valence-electron chi connectivity index (χ2n) is 5.42. The molecule has 0 atom stereocenters. The van der Waals surface area contributed by atoms with Crippen LogP contribution in [0, 0.1) is 0 Å². The van der Waals surface area contributed by atoms with E-state index in [1.165, 1.54) is 44.2 Å². The average molecular weight is 307 g/mol. The van der Waals surface area contributed by atoms with Crippen molar-refractivity contribution in [2.45, 2.75) is 51.9 Å². The van der Waals surface area contributed by atoms with Gasteiger partial charge in [-0.2, -0.15) is 0 Å². The Labute approximate surface area is 131 Å². The number of aromatic carboxylic acids is 2. The predicted octanol–water partition coefficient (Wildman–Crippen LogP) is 4.25. The van der Waals surface area contributed by atoms with E-state index in [1.54, 1.807) is 6.07 Å². The van der Waals surface area contributed by atoms with Gasteiger partial charge in [-0.25, -0.2) is 9.59 Å². The number of carboxylic acids is 2. The molecule has 0 heterocycles. The molecule has 22 heavy (non-hydrogen) atoms. The third kappa shape index (κ3) is 6.16. The summed E-state index contributed by atoms with van der Waals surface area (Å²) in [5, 5.41) is 21.2. The van der Waals surface area contributed by atoms with Gasteiger partial charge in [0.1, 0.15) is 0 Å². The number of rotatable bonds is 11. The Morgan fingerprint density at radius 3 is 2.09 bits per heavy atom. The lowest BCUT2D eigenvalue weighted by Crippen LogP contribution is -2.09. The maximum Gasteiger partial charge on any atom is 0.336 e. The third-order valence-corrected chi connectivity index (χ3v) is 3.59. The summed E-state index contributed by atoms with van der Waals surface area (Å²) >= 11 is 0. The van der Waals surface area contributed by atoms with Crippen LogP contribution in [0.5, 0.6) is 0 Å². The molecule has 1 rings (SSSR count). The van der Waals surface area contributed by atoms with Crippen molar-refractivity contribution >= 4 is 17.6 Å². The molecule has 5 heteroatoms. The van der Waals surface area contributed by atoms with E-state index in [-0.39, 0.29) is 11.1 Å². The van der Waals surface area contributed by atoms with E-state index < -0.39 is 11.9 Å². The van der Waals surface area contributed by atoms with Gasteiger partial charge in [0.05, 0.1) is 11.1 Å². The topological polar surface area (TPSA) is 86.6 Å². The lowest BCUT2D eigenvalue weighted by molar-refractivity contribution is 0.0651. The van der Waals surface area contributed by atoms with Gasteiger partial charge in [0.2, 0.25) is 0 Å². The minimum atomic E-state index is -1.23. The Morgan fingerprint density at radius 1 is 0.909 bits per heavy atom. The van der Waals surface area contributed by atoms with Gasteiger partial charge < -0.3 is 15.5 Å². The molecule has 0 aliphatic heterocycles. The highest BCUT2D eigenvalue weighted by Crippen LogP contribution is 2.17. The van der Waals surface area contributed by atoms with Gasteiger partial charge in [-0.05, 0) is 24.6 Å². The lowest BCUT2D eigenvalue weighted by Gasteiger charge is -2.09. The summed E-state index contributed by atoms with van der Waals surface area (Å²) in [5.41, 5.74) is 0.277. The number of carboxylic acid groups (broad SMARTS) is 2. The molecule has 0 aliphatic carbocycles. The number of anilines is 1. The van der Waals surface area contributed by atoms with Crippen LogP contribution >= 0.6 is 0 Å². The zero-order valence-corrected chi connectivity index (χ0v) is 13.1. The summed E-state index contributed by atoms with van der Waals surface area (Å²) in [6.07, 6.45) is 8.50. The summed E-state index contributed by atoms with van der Waals surface area (Å²) < 4.78 is 0. The highest BCUT2D eigenvalue weighted by atomic mass is 16.4. The summed E-state index contributed by atoms with van der Waals surface area (Å²) in [6.45, 7) is 2.96. The first-order chi connectivity index (χ1) is 10.6. The molecular formula is C17H25NO4. The van der Waals surface area contributed by atoms with Gasteiger partial charge in [-0.15, -0.1) is 0 Å². The summed E-state index contributed by atoms with van der Waals surface area (Å²) in [7, 11) is 0. The van der Waals surface area contributed by atoms with Crippen molar-refractivity contribution in [2.75, 3.05) is 11.9 Å². The fourth-order valence-electron chi connectivity index (χ4n) is 2.33. The molecule has 5 nitrogen and oxygen atoms in total. The second kappa shape index (κ2) is 9.82. The fraction of sp³-hybridized carbons (Fsp3) is 0.529. The van der Waals surface area contributed by atoms with Gasteiger partial charge in [-0.3, -0.25) is 0 Å². The third-order valence-electron chi connectivity index (χ3n) is 3.59. The standard InChI is InChI=1S/C17H25NO4/c1-2-3-4-5-6-7-8-11-18-13-9-10-14(16(19)20)15(12-13)17(21)22/h9-10,12,18H,2-8,11H2,1H3,(H,19,20)(H,21,22). The van der Waals surface area contributed by atoms with Crippen molar-refractivity contribution in [2.24, 2.45) is 0 Å². The molecule has 0 aromatic heterocycles. The number of carbonyl (C=O) groups is 2. The Kier molecular flexibility index (Phi) is 8.04. The quantitative estimate of drug-likeness (QED) is 0.532. The van der Waals surface area contributed by atoms with E-state index >= 15 is 0 Å². The van der Waals surface area contributed by atoms with Gasteiger partial charge >= 0.3 is 11.9 Å². The van der Waals surface area contributed by atoms with Crippen LogP contribution in [0.1, 0.15) is 72.6 Å². The van der Waals surface area contributed by atoms with Gasteiger partial charge in [-0.1, -0.05) is 45.4 Å². The average Bonchev–Trinajstić information content (AvgIpc) is 2.49. The van der Waals surface area contributed by atoms with Crippen LogP contribution < -0.4 is 5.32 Å². The van der Waals surface area contributed by atoms with Crippen LogP contribution in [0.4, 0.5) is 5.69 Å². The van der Waals surface area contributed by atoms with Crippen molar-refractivity contribution in [1.82, 2.24) is 0 Å². The van der Waals surface area contributed by atoms with E-state index in [0.717, 1.165) is 19.4 Å². The van der Waals surface area contributed by atoms with E-state index in [2.05, 4.69) is 12.2 Å². The van der Waals surface area contributed by atoms with Crippen molar-refractivity contribution in [3.05, 3.63) is 29.3 Å². The minimum absolute atomic E-state index is 0.183. The van der Waals surface area contributed by atoms with Crippen LogP contribution in [-0.2, 0) is 0 Å². The molecule has 0 unspecified atom stereocenters. The monoisotopic (exact) mass is 307 g/mol. The molecule has 0 aliphatic rings. The molecule has 0 saturated carbocycles. The maximum atomic E-state index is 11.1. The van der Waals surface area contributed by atoms with Crippen molar-refractivity contribution in [3.63, 3.8) is 0 Å². The number of benzene rings is 1. The molecule has 0 radical (unpaired) electrons.